The van der Waals surface area contributed by atoms with Gasteiger partial charge in [0.2, 0.25) is 0 Å². The van der Waals surface area contributed by atoms with Gasteiger partial charge in [-0.2, -0.15) is 0 Å². The molecule has 0 spiro atoms. The molecule has 0 aliphatic carbocycles. The van der Waals surface area contributed by atoms with Crippen LogP contribution in [0, 0.1) is 11.8 Å². The Morgan fingerprint density at radius 2 is 2.40 bits per heavy atom. The third kappa shape index (κ3) is 3.31. The lowest BCUT2D eigenvalue weighted by atomic mass is 10.2. The molecule has 80 valence electrons. The Bertz CT molecular complexity index is 395. The second-order valence-corrected chi connectivity index (χ2v) is 3.78. The number of rotatable bonds is 2. The van der Waals surface area contributed by atoms with Gasteiger partial charge in [0.25, 0.3) is 0 Å². The van der Waals surface area contributed by atoms with Crippen molar-refractivity contribution in [3.63, 3.8) is 0 Å². The maximum atomic E-state index is 8.55. The van der Waals surface area contributed by atoms with E-state index in [2.05, 4.69) is 32.8 Å². The van der Waals surface area contributed by atoms with Crippen molar-refractivity contribution in [3.8, 4) is 11.8 Å². The molecule has 4 heteroatoms. The first kappa shape index (κ1) is 12.2. The van der Waals surface area contributed by atoms with Gasteiger partial charge in [0.1, 0.15) is 6.61 Å². The smallest absolute Gasteiger partial charge is 0.104 e. The molecule has 1 aromatic rings. The third-order valence-corrected chi connectivity index (χ3v) is 2.56. The van der Waals surface area contributed by atoms with Gasteiger partial charge in [0, 0.05) is 23.3 Å². The summed E-state index contributed by atoms with van der Waals surface area (Å²) in [7, 11) is 1.64. The summed E-state index contributed by atoms with van der Waals surface area (Å²) < 4.78 is 6.03. The molecule has 0 aliphatic rings. The molecule has 0 fully saturated rings. The lowest BCUT2D eigenvalue weighted by molar-refractivity contribution is 0.115. The first-order valence-corrected chi connectivity index (χ1v) is 5.26. The number of hydrogen-bond donors (Lipinski definition) is 1. The molecule has 0 radical (unpaired) electrons. The quantitative estimate of drug-likeness (QED) is 0.834. The van der Waals surface area contributed by atoms with Crippen molar-refractivity contribution in [2.24, 2.45) is 0 Å². The molecule has 1 rings (SSSR count). The zero-order valence-electron chi connectivity index (χ0n) is 8.62. The largest absolute Gasteiger partial charge is 0.384 e. The van der Waals surface area contributed by atoms with Crippen LogP contribution in [0.25, 0.3) is 0 Å². The highest BCUT2D eigenvalue weighted by Gasteiger charge is 2.09. The number of aliphatic hydroxyl groups is 1. The molecule has 0 saturated heterocycles. The number of aliphatic hydroxyl groups excluding tert-OH is 1. The average Bonchev–Trinajstić information content (AvgIpc) is 2.25. The predicted octanol–water partition coefficient (Wildman–Crippen LogP) is 1.90. The molecule has 0 aromatic carbocycles. The van der Waals surface area contributed by atoms with Crippen molar-refractivity contribution >= 4 is 15.9 Å². The van der Waals surface area contributed by atoms with E-state index in [9.17, 15) is 0 Å². The lowest BCUT2D eigenvalue weighted by Crippen LogP contribution is -2.00. The Hall–Kier alpha value is -0.890. The minimum absolute atomic E-state index is 0.0563. The van der Waals surface area contributed by atoms with Gasteiger partial charge in [-0.1, -0.05) is 11.8 Å². The first-order valence-electron chi connectivity index (χ1n) is 4.47. The van der Waals surface area contributed by atoms with Gasteiger partial charge >= 0.3 is 0 Å². The SMILES string of the molecule is CO[C@@H](C)c1ncc(C#CCO)cc1Br. The summed E-state index contributed by atoms with van der Waals surface area (Å²) >= 11 is 3.41. The number of halogens is 1. The summed E-state index contributed by atoms with van der Waals surface area (Å²) in [4.78, 5) is 4.25. The number of pyridine rings is 1. The minimum atomic E-state index is -0.145. The van der Waals surface area contributed by atoms with Crippen molar-refractivity contribution in [1.29, 1.82) is 0 Å². The van der Waals surface area contributed by atoms with Gasteiger partial charge in [0.05, 0.1) is 11.8 Å². The summed E-state index contributed by atoms with van der Waals surface area (Å²) in [6, 6.07) is 1.86. The van der Waals surface area contributed by atoms with Crippen LogP contribution in [0.2, 0.25) is 0 Å². The Labute approximate surface area is 97.6 Å². The van der Waals surface area contributed by atoms with Gasteiger partial charge in [-0.25, -0.2) is 0 Å². The van der Waals surface area contributed by atoms with E-state index in [0.717, 1.165) is 15.7 Å². The number of aromatic nitrogens is 1. The van der Waals surface area contributed by atoms with Gasteiger partial charge in [-0.3, -0.25) is 4.98 Å². The molecule has 0 saturated carbocycles. The standard InChI is InChI=1S/C11H12BrNO2/c1-8(15-2)11-10(12)6-9(7-13-11)4-3-5-14/h6-8,14H,5H2,1-2H3/t8-/m0/s1. The molecule has 0 unspecified atom stereocenters. The Morgan fingerprint density at radius 3 is 2.93 bits per heavy atom. The third-order valence-electron chi connectivity index (χ3n) is 1.92. The van der Waals surface area contributed by atoms with Crippen LogP contribution in [0.4, 0.5) is 0 Å². The van der Waals surface area contributed by atoms with Crippen molar-refractivity contribution in [1.82, 2.24) is 4.98 Å². The van der Waals surface area contributed by atoms with E-state index in [4.69, 9.17) is 9.84 Å². The molecule has 15 heavy (non-hydrogen) atoms. The van der Waals surface area contributed by atoms with Gasteiger partial charge < -0.3 is 9.84 Å². The van der Waals surface area contributed by atoms with Crippen molar-refractivity contribution in [2.75, 3.05) is 13.7 Å². The summed E-state index contributed by atoms with van der Waals surface area (Å²) in [6.07, 6.45) is 1.61. The van der Waals surface area contributed by atoms with Crippen LogP contribution in [0.5, 0.6) is 0 Å². The second kappa shape index (κ2) is 5.86. The number of nitrogens with zero attached hydrogens (tertiary/aromatic N) is 1. The number of methoxy groups -OCH3 is 1. The molecular formula is C11H12BrNO2. The van der Waals surface area contributed by atoms with Crippen LogP contribution in [0.3, 0.4) is 0 Å². The molecule has 1 atom stereocenters. The number of ether oxygens (including phenoxy) is 1. The number of hydrogen-bond acceptors (Lipinski definition) is 3. The van der Waals surface area contributed by atoms with E-state index >= 15 is 0 Å². The Kier molecular flexibility index (Phi) is 4.76. The van der Waals surface area contributed by atoms with Crippen LogP contribution in [0.1, 0.15) is 24.3 Å². The maximum absolute atomic E-state index is 8.55. The summed E-state index contributed by atoms with van der Waals surface area (Å²) in [5.74, 6) is 5.35. The second-order valence-electron chi connectivity index (χ2n) is 2.93. The monoisotopic (exact) mass is 269 g/mol. The molecule has 1 aromatic heterocycles. The summed E-state index contributed by atoms with van der Waals surface area (Å²) in [5.41, 5.74) is 1.61. The molecule has 0 aliphatic heterocycles. The van der Waals surface area contributed by atoms with Crippen molar-refractivity contribution in [3.05, 3.63) is 28.0 Å². The Balaban J connectivity index is 2.98. The van der Waals surface area contributed by atoms with E-state index in [1.807, 2.05) is 13.0 Å². The zero-order valence-corrected chi connectivity index (χ0v) is 10.2. The fraction of sp³-hybridized carbons (Fsp3) is 0.364. The molecular weight excluding hydrogens is 258 g/mol. The van der Waals surface area contributed by atoms with Gasteiger partial charge in [-0.05, 0) is 28.9 Å². The van der Waals surface area contributed by atoms with Crippen LogP contribution in [-0.4, -0.2) is 23.8 Å². The van der Waals surface area contributed by atoms with Gasteiger partial charge in [-0.15, -0.1) is 0 Å². The lowest BCUT2D eigenvalue weighted by Gasteiger charge is -2.10. The highest BCUT2D eigenvalue weighted by Crippen LogP contribution is 2.23. The maximum Gasteiger partial charge on any atom is 0.104 e. The van der Waals surface area contributed by atoms with Crippen LogP contribution in [-0.2, 0) is 4.74 Å². The van der Waals surface area contributed by atoms with E-state index in [0.29, 0.717) is 0 Å². The molecule has 0 bridgehead atoms. The fourth-order valence-electron chi connectivity index (χ4n) is 1.07. The molecule has 1 heterocycles. The van der Waals surface area contributed by atoms with Crippen LogP contribution >= 0.6 is 15.9 Å². The highest BCUT2D eigenvalue weighted by molar-refractivity contribution is 9.10. The van der Waals surface area contributed by atoms with Crippen molar-refractivity contribution < 1.29 is 9.84 Å². The fourth-order valence-corrected chi connectivity index (χ4v) is 1.74. The van der Waals surface area contributed by atoms with E-state index in [1.54, 1.807) is 13.3 Å². The van der Waals surface area contributed by atoms with E-state index in [1.165, 1.54) is 0 Å². The topological polar surface area (TPSA) is 42.4 Å². The Morgan fingerprint density at radius 1 is 1.67 bits per heavy atom. The van der Waals surface area contributed by atoms with Gasteiger partial charge in [0.15, 0.2) is 0 Å². The van der Waals surface area contributed by atoms with Crippen molar-refractivity contribution in [2.45, 2.75) is 13.0 Å². The van der Waals surface area contributed by atoms with Crippen LogP contribution < -0.4 is 0 Å². The molecule has 3 nitrogen and oxygen atoms in total. The predicted molar refractivity (Wildman–Crippen MR) is 61.3 cm³/mol. The molecule has 1 N–H and O–H groups in total. The summed E-state index contributed by atoms with van der Waals surface area (Å²) in [5, 5.41) is 8.55. The van der Waals surface area contributed by atoms with E-state index in [-0.39, 0.29) is 12.7 Å². The average molecular weight is 270 g/mol. The van der Waals surface area contributed by atoms with E-state index < -0.39 is 0 Å². The molecule has 0 amide bonds. The van der Waals surface area contributed by atoms with Crippen LogP contribution in [0.15, 0.2) is 16.7 Å². The minimum Gasteiger partial charge on any atom is -0.384 e. The normalized spacial score (nSPS) is 11.7. The summed E-state index contributed by atoms with van der Waals surface area (Å²) in [6.45, 7) is 1.78. The highest BCUT2D eigenvalue weighted by atomic mass is 79.9. The first-order chi connectivity index (χ1) is 7.19. The zero-order chi connectivity index (χ0) is 11.3.